The Morgan fingerprint density at radius 3 is 2.79 bits per heavy atom. The van der Waals surface area contributed by atoms with Crippen molar-refractivity contribution in [1.29, 1.82) is 0 Å². The van der Waals surface area contributed by atoms with Crippen LogP contribution in [0.2, 0.25) is 0 Å². The largest absolute Gasteiger partial charge is 0.396 e. The van der Waals surface area contributed by atoms with Crippen LogP contribution in [0.3, 0.4) is 0 Å². The van der Waals surface area contributed by atoms with Gasteiger partial charge < -0.3 is 15.7 Å². The van der Waals surface area contributed by atoms with Crippen LogP contribution in [0, 0.1) is 0 Å². The molecule has 0 radical (unpaired) electrons. The van der Waals surface area contributed by atoms with Gasteiger partial charge in [-0.3, -0.25) is 4.79 Å². The van der Waals surface area contributed by atoms with Gasteiger partial charge in [0, 0.05) is 21.2 Å². The monoisotopic (exact) mass is 386 g/mol. The second-order valence-corrected chi connectivity index (χ2v) is 6.03. The Morgan fingerprint density at radius 2 is 2.00 bits per heavy atom. The number of fused-ring (bicyclic) bond motifs is 1. The number of amides is 1. The number of hydrogen-bond acceptors (Lipinski definition) is 5. The van der Waals surface area contributed by atoms with E-state index in [0.717, 1.165) is 21.1 Å². The number of nitrogens with one attached hydrogen (secondary N) is 2. The van der Waals surface area contributed by atoms with Gasteiger partial charge in [0.25, 0.3) is 0 Å². The molecule has 0 bridgehead atoms. The van der Waals surface area contributed by atoms with E-state index in [1.165, 1.54) is 6.33 Å². The summed E-state index contributed by atoms with van der Waals surface area (Å²) in [6, 6.07) is 13.1. The molecule has 24 heavy (non-hydrogen) atoms. The van der Waals surface area contributed by atoms with Crippen LogP contribution in [-0.4, -0.2) is 27.6 Å². The second kappa shape index (κ2) is 7.37. The molecule has 3 aromatic rings. The molecule has 0 spiro atoms. The summed E-state index contributed by atoms with van der Waals surface area (Å²) in [6.45, 7) is -0.182. The lowest BCUT2D eigenvalue weighted by Crippen LogP contribution is -2.12. The minimum absolute atomic E-state index is 0.0620. The molecule has 7 heteroatoms. The van der Waals surface area contributed by atoms with E-state index in [-0.39, 0.29) is 18.9 Å². The predicted octanol–water partition coefficient (Wildman–Crippen LogP) is 3.46. The van der Waals surface area contributed by atoms with Crippen molar-refractivity contribution in [3.8, 4) is 0 Å². The number of aliphatic hydroxyl groups is 1. The summed E-state index contributed by atoms with van der Waals surface area (Å²) in [5.74, 6) is 0.409. The number of rotatable bonds is 5. The van der Waals surface area contributed by atoms with E-state index in [0.29, 0.717) is 11.5 Å². The molecule has 0 saturated heterocycles. The molecule has 2 aromatic carbocycles. The number of carbonyl (C=O) groups is 1. The number of carbonyl (C=O) groups excluding carboxylic acids is 1. The van der Waals surface area contributed by atoms with Crippen molar-refractivity contribution in [2.75, 3.05) is 17.2 Å². The van der Waals surface area contributed by atoms with Crippen molar-refractivity contribution in [3.05, 3.63) is 53.3 Å². The molecule has 0 fully saturated rings. The van der Waals surface area contributed by atoms with Crippen molar-refractivity contribution in [2.45, 2.75) is 6.42 Å². The van der Waals surface area contributed by atoms with Crippen molar-refractivity contribution in [2.24, 2.45) is 0 Å². The highest BCUT2D eigenvalue weighted by atomic mass is 79.9. The number of aromatic nitrogens is 2. The number of hydrogen-bond donors (Lipinski definition) is 3. The van der Waals surface area contributed by atoms with E-state index in [9.17, 15) is 4.79 Å². The molecule has 1 amide bonds. The fourth-order valence-corrected chi connectivity index (χ4v) is 2.66. The first-order chi connectivity index (χ1) is 11.7. The first kappa shape index (κ1) is 16.4. The first-order valence-corrected chi connectivity index (χ1v) is 8.13. The van der Waals surface area contributed by atoms with Gasteiger partial charge in [-0.15, -0.1) is 0 Å². The average molecular weight is 387 g/mol. The summed E-state index contributed by atoms with van der Waals surface area (Å²) in [5, 5.41) is 15.6. The number of nitrogens with zero attached hydrogens (tertiary/aromatic N) is 2. The fraction of sp³-hybridized carbons (Fsp3) is 0.118. The molecule has 0 saturated carbocycles. The quantitative estimate of drug-likeness (QED) is 0.624. The van der Waals surface area contributed by atoms with Gasteiger partial charge >= 0.3 is 0 Å². The Balaban J connectivity index is 1.94. The molecule has 0 aliphatic carbocycles. The number of aliphatic hydroxyl groups excluding tert-OH is 1. The second-order valence-electron chi connectivity index (χ2n) is 5.11. The lowest BCUT2D eigenvalue weighted by Gasteiger charge is -2.10. The maximum absolute atomic E-state index is 11.6. The van der Waals surface area contributed by atoms with Crippen LogP contribution >= 0.6 is 15.9 Å². The topological polar surface area (TPSA) is 87.1 Å². The van der Waals surface area contributed by atoms with Crippen molar-refractivity contribution >= 4 is 49.9 Å². The van der Waals surface area contributed by atoms with Crippen LogP contribution < -0.4 is 10.6 Å². The van der Waals surface area contributed by atoms with E-state index in [4.69, 9.17) is 5.11 Å². The van der Waals surface area contributed by atoms with Crippen LogP contribution in [0.15, 0.2) is 53.3 Å². The zero-order chi connectivity index (χ0) is 16.9. The number of benzene rings is 2. The van der Waals surface area contributed by atoms with Gasteiger partial charge in [-0.2, -0.15) is 0 Å². The van der Waals surface area contributed by atoms with Crippen LogP contribution in [0.25, 0.3) is 10.9 Å². The van der Waals surface area contributed by atoms with E-state index >= 15 is 0 Å². The number of anilines is 3. The molecule has 3 rings (SSSR count). The molecule has 0 unspecified atom stereocenters. The predicted molar refractivity (Wildman–Crippen MR) is 97.3 cm³/mol. The van der Waals surface area contributed by atoms with Gasteiger partial charge in [-0.05, 0) is 36.4 Å². The molecular formula is C17H15BrN4O2. The highest BCUT2D eigenvalue weighted by Gasteiger charge is 2.07. The summed E-state index contributed by atoms with van der Waals surface area (Å²) in [6.07, 6.45) is 1.55. The Kier molecular flexibility index (Phi) is 5.02. The highest BCUT2D eigenvalue weighted by Crippen LogP contribution is 2.26. The van der Waals surface area contributed by atoms with E-state index in [2.05, 4.69) is 36.5 Å². The zero-order valence-electron chi connectivity index (χ0n) is 12.7. The highest BCUT2D eigenvalue weighted by molar-refractivity contribution is 9.10. The minimum Gasteiger partial charge on any atom is -0.396 e. The Hall–Kier alpha value is -2.51. The molecule has 122 valence electrons. The molecule has 0 atom stereocenters. The smallest absolute Gasteiger partial charge is 0.226 e. The summed E-state index contributed by atoms with van der Waals surface area (Å²) in [4.78, 5) is 20.2. The molecule has 1 heterocycles. The molecule has 0 aliphatic heterocycles. The van der Waals surface area contributed by atoms with E-state index in [1.54, 1.807) is 6.07 Å². The molecule has 1 aromatic heterocycles. The average Bonchev–Trinajstić information content (AvgIpc) is 2.56. The first-order valence-electron chi connectivity index (χ1n) is 7.34. The third-order valence-electron chi connectivity index (χ3n) is 3.35. The summed E-state index contributed by atoms with van der Waals surface area (Å²) in [5.41, 5.74) is 2.29. The molecule has 6 nitrogen and oxygen atoms in total. The lowest BCUT2D eigenvalue weighted by atomic mass is 10.2. The van der Waals surface area contributed by atoms with Crippen LogP contribution in [0.4, 0.5) is 17.2 Å². The van der Waals surface area contributed by atoms with Gasteiger partial charge in [-0.1, -0.05) is 22.0 Å². The Morgan fingerprint density at radius 1 is 1.12 bits per heavy atom. The van der Waals surface area contributed by atoms with Gasteiger partial charge in [0.15, 0.2) is 0 Å². The van der Waals surface area contributed by atoms with Gasteiger partial charge in [0.2, 0.25) is 5.91 Å². The van der Waals surface area contributed by atoms with Crippen molar-refractivity contribution in [3.63, 3.8) is 0 Å². The fourth-order valence-electron chi connectivity index (χ4n) is 2.26. The Bertz CT molecular complexity index is 885. The maximum Gasteiger partial charge on any atom is 0.226 e. The molecule has 0 aliphatic rings. The summed E-state index contributed by atoms with van der Waals surface area (Å²) < 4.78 is 0.961. The van der Waals surface area contributed by atoms with Gasteiger partial charge in [-0.25, -0.2) is 9.97 Å². The van der Waals surface area contributed by atoms with Crippen LogP contribution in [0.5, 0.6) is 0 Å². The van der Waals surface area contributed by atoms with Gasteiger partial charge in [0.1, 0.15) is 12.1 Å². The van der Waals surface area contributed by atoms with Crippen molar-refractivity contribution in [1.82, 2.24) is 9.97 Å². The normalized spacial score (nSPS) is 10.6. The minimum atomic E-state index is -0.241. The third kappa shape index (κ3) is 3.87. The summed E-state index contributed by atoms with van der Waals surface area (Å²) in [7, 11) is 0. The summed E-state index contributed by atoms with van der Waals surface area (Å²) >= 11 is 3.44. The zero-order valence-corrected chi connectivity index (χ0v) is 14.2. The molecule has 3 N–H and O–H groups in total. The molecular weight excluding hydrogens is 372 g/mol. The standard InChI is InChI=1S/C17H15BrN4O2/c18-11-2-1-3-12(8-11)22-17-14-9-13(21-16(24)6-7-23)4-5-15(14)19-10-20-17/h1-5,8-10,23H,6-7H2,(H,21,24)(H,19,20,22). The maximum atomic E-state index is 11.6. The number of halogens is 1. The van der Waals surface area contributed by atoms with E-state index < -0.39 is 0 Å². The van der Waals surface area contributed by atoms with Crippen LogP contribution in [-0.2, 0) is 4.79 Å². The Labute approximate surface area is 147 Å². The third-order valence-corrected chi connectivity index (χ3v) is 3.84. The lowest BCUT2D eigenvalue weighted by molar-refractivity contribution is -0.116. The van der Waals surface area contributed by atoms with Crippen LogP contribution in [0.1, 0.15) is 6.42 Å². The SMILES string of the molecule is O=C(CCO)Nc1ccc2ncnc(Nc3cccc(Br)c3)c2c1. The van der Waals surface area contributed by atoms with E-state index in [1.807, 2.05) is 36.4 Å². The van der Waals surface area contributed by atoms with Gasteiger partial charge in [0.05, 0.1) is 18.5 Å². The van der Waals surface area contributed by atoms with Crippen molar-refractivity contribution < 1.29 is 9.90 Å².